The van der Waals surface area contributed by atoms with E-state index >= 15 is 0 Å². The molecule has 1 fully saturated rings. The molecule has 1 aliphatic rings. The summed E-state index contributed by atoms with van der Waals surface area (Å²) in [5.41, 5.74) is 3.63. The van der Waals surface area contributed by atoms with Crippen molar-refractivity contribution in [2.75, 3.05) is 13.2 Å². The van der Waals surface area contributed by atoms with Gasteiger partial charge >= 0.3 is 5.97 Å². The van der Waals surface area contributed by atoms with Crippen molar-refractivity contribution in [3.05, 3.63) is 66.7 Å². The maximum Gasteiger partial charge on any atom is 0.330 e. The minimum atomic E-state index is -0.331. The fourth-order valence-corrected chi connectivity index (χ4v) is 5.99. The van der Waals surface area contributed by atoms with Crippen LogP contribution in [0.4, 0.5) is 0 Å². The van der Waals surface area contributed by atoms with Crippen molar-refractivity contribution in [2.24, 2.45) is 11.3 Å². The van der Waals surface area contributed by atoms with Crippen molar-refractivity contribution >= 4 is 5.97 Å². The zero-order chi connectivity index (χ0) is 29.3. The van der Waals surface area contributed by atoms with Gasteiger partial charge in [0, 0.05) is 6.08 Å². The van der Waals surface area contributed by atoms with Crippen LogP contribution in [0, 0.1) is 22.7 Å². The Morgan fingerprint density at radius 1 is 0.951 bits per heavy atom. The summed E-state index contributed by atoms with van der Waals surface area (Å²) >= 11 is 0. The maximum atomic E-state index is 11.0. The van der Waals surface area contributed by atoms with E-state index in [9.17, 15) is 10.1 Å². The lowest BCUT2D eigenvalue weighted by Gasteiger charge is -2.36. The minimum Gasteiger partial charge on any atom is -0.494 e. The Labute approximate surface area is 249 Å². The van der Waals surface area contributed by atoms with E-state index < -0.39 is 0 Å². The second-order valence-corrected chi connectivity index (χ2v) is 12.3. The summed E-state index contributed by atoms with van der Waals surface area (Å²) in [6.45, 7) is 9.10. The van der Waals surface area contributed by atoms with Gasteiger partial charge in [-0.3, -0.25) is 0 Å². The maximum absolute atomic E-state index is 11.0. The lowest BCUT2D eigenvalue weighted by atomic mass is 9.66. The van der Waals surface area contributed by atoms with Crippen LogP contribution >= 0.6 is 0 Å². The summed E-state index contributed by atoms with van der Waals surface area (Å²) in [5, 5.41) is 10.2. The molecule has 0 amide bonds. The number of nitrogens with zero attached hydrogens (tertiary/aromatic N) is 1. The van der Waals surface area contributed by atoms with Crippen LogP contribution in [0.1, 0.15) is 115 Å². The first-order chi connectivity index (χ1) is 19.9. The van der Waals surface area contributed by atoms with Gasteiger partial charge in [0.2, 0.25) is 0 Å². The van der Waals surface area contributed by atoms with Gasteiger partial charge in [-0.15, -0.1) is 0 Å². The second-order valence-electron chi connectivity index (χ2n) is 12.3. The van der Waals surface area contributed by atoms with Gasteiger partial charge in [-0.1, -0.05) is 108 Å². The highest BCUT2D eigenvalue weighted by Gasteiger charge is 2.36. The van der Waals surface area contributed by atoms with Crippen molar-refractivity contribution in [3.8, 4) is 22.9 Å². The SMILES string of the molecule is C=CC(=O)OCCCCCCCCCCC1(C#N)CCCC(c2ccc(-c3ccc(OCCC(C)C)cc3)cc2)C1. The summed E-state index contributed by atoms with van der Waals surface area (Å²) in [5.74, 6) is 1.72. The molecule has 1 aliphatic carbocycles. The molecule has 0 saturated heterocycles. The van der Waals surface area contributed by atoms with Crippen LogP contribution in [0.2, 0.25) is 0 Å². The van der Waals surface area contributed by atoms with Gasteiger partial charge in [-0.2, -0.15) is 5.26 Å². The van der Waals surface area contributed by atoms with Crippen molar-refractivity contribution in [3.63, 3.8) is 0 Å². The molecule has 0 N–H and O–H groups in total. The zero-order valence-corrected chi connectivity index (χ0v) is 25.5. The molecule has 222 valence electrons. The van der Waals surface area contributed by atoms with Crippen molar-refractivity contribution < 1.29 is 14.3 Å². The molecular formula is C37H51NO3. The highest BCUT2D eigenvalue weighted by atomic mass is 16.5. The summed E-state index contributed by atoms with van der Waals surface area (Å²) < 4.78 is 10.9. The quantitative estimate of drug-likeness (QED) is 0.104. The average Bonchev–Trinajstić information content (AvgIpc) is 3.00. The Kier molecular flexibility index (Phi) is 14.0. The Morgan fingerprint density at radius 2 is 1.56 bits per heavy atom. The van der Waals surface area contributed by atoms with Gasteiger partial charge in [0.25, 0.3) is 0 Å². The molecule has 0 aromatic heterocycles. The smallest absolute Gasteiger partial charge is 0.330 e. The first-order valence-corrected chi connectivity index (χ1v) is 16.0. The van der Waals surface area contributed by atoms with E-state index in [0.717, 1.165) is 63.7 Å². The second kappa shape index (κ2) is 17.7. The molecule has 3 rings (SSSR count). The first kappa shape index (κ1) is 32.5. The third kappa shape index (κ3) is 11.4. The fraction of sp³-hybridized carbons (Fsp3) is 0.568. The van der Waals surface area contributed by atoms with Crippen LogP contribution in [-0.2, 0) is 9.53 Å². The molecule has 2 atom stereocenters. The number of unbranched alkanes of at least 4 members (excludes halogenated alkanes) is 7. The number of ether oxygens (including phenoxy) is 2. The number of nitriles is 1. The van der Waals surface area contributed by atoms with E-state index in [1.54, 1.807) is 0 Å². The Bertz CT molecular complexity index is 1080. The third-order valence-corrected chi connectivity index (χ3v) is 8.58. The number of esters is 1. The first-order valence-electron chi connectivity index (χ1n) is 16.0. The van der Waals surface area contributed by atoms with Crippen molar-refractivity contribution in [1.29, 1.82) is 5.26 Å². The highest BCUT2D eigenvalue weighted by Crippen LogP contribution is 2.47. The predicted octanol–water partition coefficient (Wildman–Crippen LogP) is 10.2. The van der Waals surface area contributed by atoms with Gasteiger partial charge in [-0.05, 0) is 79.2 Å². The van der Waals surface area contributed by atoms with Crippen LogP contribution < -0.4 is 4.74 Å². The van der Waals surface area contributed by atoms with Gasteiger partial charge in [0.05, 0.1) is 24.7 Å². The Balaban J connectivity index is 1.38. The number of hydrogen-bond donors (Lipinski definition) is 0. The lowest BCUT2D eigenvalue weighted by Crippen LogP contribution is -2.26. The molecule has 2 aromatic rings. The largest absolute Gasteiger partial charge is 0.494 e. The molecule has 0 aliphatic heterocycles. The highest BCUT2D eigenvalue weighted by molar-refractivity contribution is 5.81. The number of carbonyl (C=O) groups is 1. The summed E-state index contributed by atoms with van der Waals surface area (Å²) in [7, 11) is 0. The molecule has 4 heteroatoms. The van der Waals surface area contributed by atoms with E-state index in [1.807, 2.05) is 0 Å². The molecule has 1 saturated carbocycles. The molecule has 0 heterocycles. The van der Waals surface area contributed by atoms with Crippen molar-refractivity contribution in [1.82, 2.24) is 0 Å². The molecule has 2 unspecified atom stereocenters. The summed E-state index contributed by atoms with van der Waals surface area (Å²) in [6.07, 6.45) is 16.9. The standard InChI is InChI=1S/C37H51NO3/c1-4-36(39)41-26-12-10-8-6-5-7-9-11-24-37(29-38)25-13-14-34(28-37)33-17-15-31(16-18-33)32-19-21-35(22-20-32)40-27-23-30(2)3/h4,15-22,30,34H,1,5-14,23-28H2,2-3H3. The van der Waals surface area contributed by atoms with E-state index in [2.05, 4.69) is 75.0 Å². The van der Waals surface area contributed by atoms with Crippen LogP contribution in [0.15, 0.2) is 61.2 Å². The van der Waals surface area contributed by atoms with Gasteiger partial charge < -0.3 is 9.47 Å². The monoisotopic (exact) mass is 557 g/mol. The van der Waals surface area contributed by atoms with Gasteiger partial charge in [0.15, 0.2) is 0 Å². The topological polar surface area (TPSA) is 59.3 Å². The van der Waals surface area contributed by atoms with Crippen LogP contribution in [-0.4, -0.2) is 19.2 Å². The molecule has 0 bridgehead atoms. The van der Waals surface area contributed by atoms with E-state index in [1.165, 1.54) is 61.3 Å². The van der Waals surface area contributed by atoms with Gasteiger partial charge in [-0.25, -0.2) is 4.79 Å². The predicted molar refractivity (Wildman–Crippen MR) is 169 cm³/mol. The summed E-state index contributed by atoms with van der Waals surface area (Å²) in [6, 6.07) is 20.2. The van der Waals surface area contributed by atoms with Crippen molar-refractivity contribution in [2.45, 2.75) is 110 Å². The molecule has 4 nitrogen and oxygen atoms in total. The number of rotatable bonds is 18. The molecule has 41 heavy (non-hydrogen) atoms. The van der Waals surface area contributed by atoms with Crippen LogP contribution in [0.5, 0.6) is 5.75 Å². The molecule has 0 spiro atoms. The molecule has 2 aromatic carbocycles. The lowest BCUT2D eigenvalue weighted by molar-refractivity contribution is -0.137. The fourth-order valence-electron chi connectivity index (χ4n) is 5.99. The number of benzene rings is 2. The molecular weight excluding hydrogens is 506 g/mol. The third-order valence-electron chi connectivity index (χ3n) is 8.58. The molecule has 0 radical (unpaired) electrons. The Hall–Kier alpha value is -3.06. The number of carbonyl (C=O) groups excluding carboxylic acids is 1. The van der Waals surface area contributed by atoms with E-state index in [4.69, 9.17) is 9.47 Å². The van der Waals surface area contributed by atoms with E-state index in [-0.39, 0.29) is 11.4 Å². The van der Waals surface area contributed by atoms with Crippen LogP contribution in [0.25, 0.3) is 11.1 Å². The van der Waals surface area contributed by atoms with E-state index in [0.29, 0.717) is 18.4 Å². The minimum absolute atomic E-state index is 0.171. The summed E-state index contributed by atoms with van der Waals surface area (Å²) in [4.78, 5) is 11.0. The zero-order valence-electron chi connectivity index (χ0n) is 25.5. The van der Waals surface area contributed by atoms with Gasteiger partial charge in [0.1, 0.15) is 5.75 Å². The normalized spacial score (nSPS) is 18.5. The average molecular weight is 558 g/mol. The van der Waals surface area contributed by atoms with Crippen LogP contribution in [0.3, 0.4) is 0 Å². The number of hydrogen-bond acceptors (Lipinski definition) is 4. The Morgan fingerprint density at radius 3 is 2.17 bits per heavy atom.